The Kier molecular flexibility index (Phi) is 6.25. The SMILES string of the molecule is O=C(COc1ccc(Cl)c(F)c1)NC1C[C@@H]2CN(C(=O)COC3CCC3)C[C@@H]2C1. The Balaban J connectivity index is 1.16. The van der Waals surface area contributed by atoms with Crippen LogP contribution in [0, 0.1) is 17.7 Å². The van der Waals surface area contributed by atoms with Crippen LogP contribution in [0.5, 0.6) is 5.75 Å². The van der Waals surface area contributed by atoms with E-state index >= 15 is 0 Å². The van der Waals surface area contributed by atoms with E-state index in [0.717, 1.165) is 44.8 Å². The number of likely N-dealkylation sites (tertiary alicyclic amines) is 1. The molecular weight excluding hydrogens is 399 g/mol. The standard InChI is InChI=1S/C21H26ClFN2O4/c22-18-5-4-17(8-19(18)23)28-11-20(26)24-15-6-13-9-25(10-14(13)7-15)21(27)12-29-16-2-1-3-16/h4-5,8,13-16H,1-3,6-7,9-12H2,(H,24,26)/t13-,14+,15?. The van der Waals surface area contributed by atoms with E-state index in [9.17, 15) is 14.0 Å². The van der Waals surface area contributed by atoms with Crippen LogP contribution >= 0.6 is 11.6 Å². The first kappa shape index (κ1) is 20.4. The number of ether oxygens (including phenoxy) is 2. The van der Waals surface area contributed by atoms with E-state index in [1.807, 2.05) is 4.90 Å². The largest absolute Gasteiger partial charge is 0.484 e. The minimum Gasteiger partial charge on any atom is -0.484 e. The number of fused-ring (bicyclic) bond motifs is 1. The number of hydrogen-bond donors (Lipinski definition) is 1. The monoisotopic (exact) mass is 424 g/mol. The molecule has 3 atom stereocenters. The van der Waals surface area contributed by atoms with Gasteiger partial charge in [0.05, 0.1) is 11.1 Å². The second-order valence-electron chi connectivity index (χ2n) is 8.28. The van der Waals surface area contributed by atoms with Crippen LogP contribution in [0.15, 0.2) is 18.2 Å². The van der Waals surface area contributed by atoms with E-state index in [1.165, 1.54) is 18.6 Å². The predicted octanol–water partition coefficient (Wildman–Crippen LogP) is 2.78. The zero-order valence-corrected chi connectivity index (χ0v) is 17.0. The van der Waals surface area contributed by atoms with Crippen molar-refractivity contribution in [1.29, 1.82) is 0 Å². The maximum atomic E-state index is 13.4. The Morgan fingerprint density at radius 1 is 1.17 bits per heavy atom. The predicted molar refractivity (Wildman–Crippen MR) is 105 cm³/mol. The zero-order chi connectivity index (χ0) is 20.4. The molecule has 3 fully saturated rings. The summed E-state index contributed by atoms with van der Waals surface area (Å²) in [5.41, 5.74) is 0. The Hall–Kier alpha value is -1.86. The lowest BCUT2D eigenvalue weighted by Gasteiger charge is -2.26. The van der Waals surface area contributed by atoms with Crippen molar-refractivity contribution in [3.63, 3.8) is 0 Å². The number of hydrogen-bond acceptors (Lipinski definition) is 4. The summed E-state index contributed by atoms with van der Waals surface area (Å²) in [6.45, 7) is 1.50. The third-order valence-electron chi connectivity index (χ3n) is 6.22. The fourth-order valence-electron chi connectivity index (χ4n) is 4.42. The molecule has 3 aliphatic rings. The van der Waals surface area contributed by atoms with Gasteiger partial charge in [0, 0.05) is 25.2 Å². The van der Waals surface area contributed by atoms with Crippen molar-refractivity contribution < 1.29 is 23.5 Å². The molecule has 6 nitrogen and oxygen atoms in total. The molecule has 1 heterocycles. The number of amides is 2. The molecule has 1 N–H and O–H groups in total. The first-order chi connectivity index (χ1) is 14.0. The minimum atomic E-state index is -0.578. The topological polar surface area (TPSA) is 67.9 Å². The number of halogens is 2. The van der Waals surface area contributed by atoms with Crippen LogP contribution in [-0.2, 0) is 14.3 Å². The van der Waals surface area contributed by atoms with Crippen LogP contribution in [0.4, 0.5) is 4.39 Å². The molecule has 0 aromatic heterocycles. The highest BCUT2D eigenvalue weighted by Crippen LogP contribution is 2.38. The van der Waals surface area contributed by atoms with Crippen molar-refractivity contribution in [3.8, 4) is 5.75 Å². The highest BCUT2D eigenvalue weighted by Gasteiger charge is 2.42. The first-order valence-electron chi connectivity index (χ1n) is 10.2. The summed E-state index contributed by atoms with van der Waals surface area (Å²) in [6.07, 6.45) is 5.32. The molecule has 0 spiro atoms. The lowest BCUT2D eigenvalue weighted by Crippen LogP contribution is -2.39. The number of carbonyl (C=O) groups excluding carboxylic acids is 2. The maximum absolute atomic E-state index is 13.4. The third-order valence-corrected chi connectivity index (χ3v) is 6.53. The normalized spacial score (nSPS) is 26.1. The van der Waals surface area contributed by atoms with Gasteiger partial charge in [0.2, 0.25) is 5.91 Å². The Bertz CT molecular complexity index is 759. The average molecular weight is 425 g/mol. The molecule has 29 heavy (non-hydrogen) atoms. The Morgan fingerprint density at radius 2 is 1.90 bits per heavy atom. The van der Waals surface area contributed by atoms with Crippen LogP contribution in [0.25, 0.3) is 0 Å². The summed E-state index contributed by atoms with van der Waals surface area (Å²) in [5, 5.41) is 3.01. The van der Waals surface area contributed by atoms with Gasteiger partial charge in [0.25, 0.3) is 5.91 Å². The number of carbonyl (C=O) groups is 2. The van der Waals surface area contributed by atoms with Gasteiger partial charge in [-0.3, -0.25) is 9.59 Å². The van der Waals surface area contributed by atoms with Crippen LogP contribution in [0.1, 0.15) is 32.1 Å². The summed E-state index contributed by atoms with van der Waals surface area (Å²) in [4.78, 5) is 26.4. The molecule has 8 heteroatoms. The summed E-state index contributed by atoms with van der Waals surface area (Å²) in [6, 6.07) is 4.17. The molecule has 158 valence electrons. The molecule has 1 saturated heterocycles. The second-order valence-corrected chi connectivity index (χ2v) is 8.69. The van der Waals surface area contributed by atoms with E-state index in [0.29, 0.717) is 11.8 Å². The number of benzene rings is 1. The number of nitrogens with zero attached hydrogens (tertiary/aromatic N) is 1. The molecule has 4 rings (SSSR count). The van der Waals surface area contributed by atoms with E-state index < -0.39 is 5.82 Å². The van der Waals surface area contributed by atoms with Crippen molar-refractivity contribution in [2.24, 2.45) is 11.8 Å². The van der Waals surface area contributed by atoms with Gasteiger partial charge in [0.15, 0.2) is 6.61 Å². The van der Waals surface area contributed by atoms with Crippen molar-refractivity contribution in [2.75, 3.05) is 26.3 Å². The molecule has 1 aliphatic heterocycles. The molecule has 1 aromatic carbocycles. The average Bonchev–Trinajstić information content (AvgIpc) is 3.20. The van der Waals surface area contributed by atoms with Gasteiger partial charge < -0.3 is 19.7 Å². The van der Waals surface area contributed by atoms with Crippen molar-refractivity contribution >= 4 is 23.4 Å². The molecular formula is C21H26ClFN2O4. The molecule has 2 saturated carbocycles. The lowest BCUT2D eigenvalue weighted by molar-refractivity contribution is -0.139. The fourth-order valence-corrected chi connectivity index (χ4v) is 4.54. The molecule has 1 aromatic rings. The summed E-state index contributed by atoms with van der Waals surface area (Å²) in [5.74, 6) is 0.370. The number of rotatable bonds is 7. The second kappa shape index (κ2) is 8.88. The zero-order valence-electron chi connectivity index (χ0n) is 16.2. The molecule has 2 amide bonds. The van der Waals surface area contributed by atoms with Crippen LogP contribution in [-0.4, -0.2) is 55.2 Å². The van der Waals surface area contributed by atoms with Crippen LogP contribution < -0.4 is 10.1 Å². The summed E-state index contributed by atoms with van der Waals surface area (Å²) >= 11 is 5.63. The first-order valence-corrected chi connectivity index (χ1v) is 10.6. The van der Waals surface area contributed by atoms with Gasteiger partial charge >= 0.3 is 0 Å². The van der Waals surface area contributed by atoms with Gasteiger partial charge in [-0.1, -0.05) is 11.6 Å². The Labute approximate surface area is 174 Å². The van der Waals surface area contributed by atoms with Gasteiger partial charge in [-0.25, -0.2) is 4.39 Å². The lowest BCUT2D eigenvalue weighted by atomic mass is 9.96. The van der Waals surface area contributed by atoms with E-state index in [2.05, 4.69) is 5.32 Å². The van der Waals surface area contributed by atoms with Crippen molar-refractivity contribution in [1.82, 2.24) is 10.2 Å². The van der Waals surface area contributed by atoms with E-state index in [1.54, 1.807) is 0 Å². The summed E-state index contributed by atoms with van der Waals surface area (Å²) in [7, 11) is 0. The van der Waals surface area contributed by atoms with Gasteiger partial charge in [-0.15, -0.1) is 0 Å². The molecule has 2 aliphatic carbocycles. The Morgan fingerprint density at radius 3 is 2.52 bits per heavy atom. The van der Waals surface area contributed by atoms with E-state index in [-0.39, 0.29) is 47.9 Å². The quantitative estimate of drug-likeness (QED) is 0.730. The summed E-state index contributed by atoms with van der Waals surface area (Å²) < 4.78 is 24.4. The van der Waals surface area contributed by atoms with Crippen LogP contribution in [0.3, 0.4) is 0 Å². The number of nitrogens with one attached hydrogen (secondary N) is 1. The minimum absolute atomic E-state index is 0.0152. The van der Waals surface area contributed by atoms with Gasteiger partial charge in [-0.05, 0) is 56.1 Å². The van der Waals surface area contributed by atoms with Gasteiger partial charge in [0.1, 0.15) is 18.2 Å². The highest BCUT2D eigenvalue weighted by molar-refractivity contribution is 6.30. The van der Waals surface area contributed by atoms with Crippen molar-refractivity contribution in [2.45, 2.75) is 44.2 Å². The molecule has 0 radical (unpaired) electrons. The fraction of sp³-hybridized carbons (Fsp3) is 0.619. The maximum Gasteiger partial charge on any atom is 0.258 e. The van der Waals surface area contributed by atoms with Crippen LogP contribution in [0.2, 0.25) is 5.02 Å². The van der Waals surface area contributed by atoms with Gasteiger partial charge in [-0.2, -0.15) is 0 Å². The highest BCUT2D eigenvalue weighted by atomic mass is 35.5. The third kappa shape index (κ3) is 5.01. The van der Waals surface area contributed by atoms with E-state index in [4.69, 9.17) is 21.1 Å². The smallest absolute Gasteiger partial charge is 0.258 e. The molecule has 0 bridgehead atoms. The molecule has 1 unspecified atom stereocenters. The van der Waals surface area contributed by atoms with Crippen molar-refractivity contribution in [3.05, 3.63) is 29.0 Å².